The molecular weight excluding hydrogens is 328 g/mol. The minimum atomic E-state index is -2.66. The molecular formula is C14H23F2N3O3S. The van der Waals surface area contributed by atoms with E-state index >= 15 is 0 Å². The Labute approximate surface area is 138 Å². The van der Waals surface area contributed by atoms with Crippen molar-refractivity contribution < 1.29 is 23.1 Å². The highest BCUT2D eigenvalue weighted by Gasteiger charge is 2.41. The quantitative estimate of drug-likeness (QED) is 0.641. The van der Waals surface area contributed by atoms with E-state index < -0.39 is 24.1 Å². The highest BCUT2D eigenvalue weighted by Crippen LogP contribution is 2.39. The van der Waals surface area contributed by atoms with Crippen LogP contribution < -0.4 is 11.1 Å². The molecule has 1 heterocycles. The third-order valence-electron chi connectivity index (χ3n) is 3.30. The molecule has 1 rings (SSSR count). The molecule has 1 saturated heterocycles. The molecule has 132 valence electrons. The van der Waals surface area contributed by atoms with Crippen LogP contribution in [0.5, 0.6) is 0 Å². The molecule has 0 radical (unpaired) electrons. The lowest BCUT2D eigenvalue weighted by atomic mass is 10.1. The largest absolute Gasteiger partial charge is 0.392 e. The first-order valence-corrected chi connectivity index (χ1v) is 8.33. The van der Waals surface area contributed by atoms with Gasteiger partial charge >= 0.3 is 0 Å². The Hall–Kier alpha value is -1.35. The normalized spacial score (nSPS) is 21.7. The Morgan fingerprint density at radius 2 is 2.13 bits per heavy atom. The van der Waals surface area contributed by atoms with E-state index in [2.05, 4.69) is 0 Å². The van der Waals surface area contributed by atoms with Gasteiger partial charge in [-0.3, -0.25) is 9.59 Å². The van der Waals surface area contributed by atoms with Crippen molar-refractivity contribution in [3.05, 3.63) is 10.7 Å². The molecule has 0 aromatic heterocycles. The van der Waals surface area contributed by atoms with Gasteiger partial charge in [0.2, 0.25) is 5.91 Å². The number of alkyl halides is 2. The van der Waals surface area contributed by atoms with E-state index in [0.29, 0.717) is 24.8 Å². The molecule has 1 fully saturated rings. The zero-order valence-electron chi connectivity index (χ0n) is 13.5. The van der Waals surface area contributed by atoms with Crippen LogP contribution in [-0.2, 0) is 14.3 Å². The lowest BCUT2D eigenvalue weighted by Gasteiger charge is -2.18. The van der Waals surface area contributed by atoms with Gasteiger partial charge in [-0.05, 0) is 13.8 Å². The van der Waals surface area contributed by atoms with E-state index in [0.717, 1.165) is 0 Å². The topological polar surface area (TPSA) is 84.7 Å². The highest BCUT2D eigenvalue weighted by atomic mass is 32.2. The fourth-order valence-electron chi connectivity index (χ4n) is 2.11. The Bertz CT molecular complexity index is 474. The van der Waals surface area contributed by atoms with E-state index in [1.165, 1.54) is 16.7 Å². The van der Waals surface area contributed by atoms with Gasteiger partial charge in [-0.15, -0.1) is 0 Å². The predicted octanol–water partition coefficient (Wildman–Crippen LogP) is 1.13. The molecule has 0 saturated carbocycles. The molecule has 1 unspecified atom stereocenters. The molecule has 6 nitrogen and oxygen atoms in total. The smallest absolute Gasteiger partial charge is 0.270 e. The number of nitrogens with zero attached hydrogens (tertiary/aromatic N) is 1. The van der Waals surface area contributed by atoms with Crippen LogP contribution >= 0.6 is 11.8 Å². The summed E-state index contributed by atoms with van der Waals surface area (Å²) in [6, 6.07) is 0. The second-order valence-corrected chi connectivity index (χ2v) is 6.21. The van der Waals surface area contributed by atoms with Crippen LogP contribution in [0.1, 0.15) is 20.8 Å². The van der Waals surface area contributed by atoms with Gasteiger partial charge in [-0.25, -0.2) is 8.78 Å². The van der Waals surface area contributed by atoms with E-state index in [1.54, 1.807) is 6.92 Å². The van der Waals surface area contributed by atoms with Gasteiger partial charge in [0.15, 0.2) is 0 Å². The average molecular weight is 351 g/mol. The maximum atomic E-state index is 12.5. The van der Waals surface area contributed by atoms with Gasteiger partial charge in [0.25, 0.3) is 12.3 Å². The maximum Gasteiger partial charge on any atom is 0.270 e. The van der Waals surface area contributed by atoms with Crippen LogP contribution in [0.2, 0.25) is 0 Å². The lowest BCUT2D eigenvalue weighted by Crippen LogP contribution is -2.36. The van der Waals surface area contributed by atoms with E-state index in [4.69, 9.17) is 10.5 Å². The summed E-state index contributed by atoms with van der Waals surface area (Å²) in [5.74, 6) is -1.00. The molecule has 0 aliphatic carbocycles. The summed E-state index contributed by atoms with van der Waals surface area (Å²) in [7, 11) is 0. The molecule has 9 heteroatoms. The van der Waals surface area contributed by atoms with Crippen molar-refractivity contribution in [2.24, 2.45) is 11.7 Å². The number of halogens is 2. The number of hydrogen-bond donors (Lipinski definition) is 2. The Kier molecular flexibility index (Phi) is 7.77. The Morgan fingerprint density at radius 1 is 1.48 bits per heavy atom. The van der Waals surface area contributed by atoms with Crippen LogP contribution in [0.15, 0.2) is 10.7 Å². The number of amides is 2. The molecule has 2 amide bonds. The fourth-order valence-corrected chi connectivity index (χ4v) is 3.45. The summed E-state index contributed by atoms with van der Waals surface area (Å²) < 4.78 is 29.7. The van der Waals surface area contributed by atoms with Crippen molar-refractivity contribution in [1.29, 1.82) is 0 Å². The number of carbonyl (C=O) groups is 2. The van der Waals surface area contributed by atoms with Crippen molar-refractivity contribution >= 4 is 23.6 Å². The number of ether oxygens (including phenoxy) is 1. The first-order chi connectivity index (χ1) is 10.8. The lowest BCUT2D eigenvalue weighted by molar-refractivity contribution is -0.128. The second kappa shape index (κ2) is 9.07. The van der Waals surface area contributed by atoms with Gasteiger partial charge in [0.05, 0.1) is 18.4 Å². The van der Waals surface area contributed by atoms with Crippen molar-refractivity contribution in [3.8, 4) is 0 Å². The molecule has 0 aromatic rings. The van der Waals surface area contributed by atoms with Gasteiger partial charge in [-0.2, -0.15) is 0 Å². The molecule has 0 aromatic carbocycles. The Morgan fingerprint density at radius 3 is 2.65 bits per heavy atom. The average Bonchev–Trinajstić information content (AvgIpc) is 2.85. The molecule has 1 aliphatic heterocycles. The van der Waals surface area contributed by atoms with Crippen LogP contribution in [0.25, 0.3) is 0 Å². The summed E-state index contributed by atoms with van der Waals surface area (Å²) in [6.07, 6.45) is -2.66. The van der Waals surface area contributed by atoms with E-state index in [1.807, 2.05) is 19.2 Å². The molecule has 0 spiro atoms. The van der Waals surface area contributed by atoms with Crippen LogP contribution in [0.4, 0.5) is 8.78 Å². The number of nitrogens with two attached hydrogens (primary N) is 1. The molecule has 1 aliphatic rings. The minimum Gasteiger partial charge on any atom is -0.392 e. The number of rotatable bonds is 8. The van der Waals surface area contributed by atoms with E-state index in [-0.39, 0.29) is 17.5 Å². The minimum absolute atomic E-state index is 0.0593. The highest BCUT2D eigenvalue weighted by molar-refractivity contribution is 8.04. The number of hydrogen-bond acceptors (Lipinski definition) is 5. The summed E-state index contributed by atoms with van der Waals surface area (Å²) in [5.41, 5.74) is 5.56. The standard InChI is InChI=1S/C14H23F2N3O3S/c1-4-19-13(21)11(8(3)7-22-5-2)23-14(19)10(17)12(20)18-6-9(15)16/h8-9,11H,4-7,17H2,1-3H3,(H,18,20)/b14-10+/t8-,11?/m1/s1. The van der Waals surface area contributed by atoms with Gasteiger partial charge in [0, 0.05) is 19.1 Å². The SMILES string of the molecule is CCOC[C@@H](C)C1S/C(=C(/N)C(=O)NCC(F)F)N(CC)C1=O. The predicted molar refractivity (Wildman–Crippen MR) is 84.7 cm³/mol. The van der Waals surface area contributed by atoms with Gasteiger partial charge in [-0.1, -0.05) is 18.7 Å². The van der Waals surface area contributed by atoms with Gasteiger partial charge in [0.1, 0.15) is 10.7 Å². The summed E-state index contributed by atoms with van der Waals surface area (Å²) >= 11 is 1.18. The zero-order chi connectivity index (χ0) is 17.6. The number of carbonyl (C=O) groups excluding carboxylic acids is 2. The molecule has 0 bridgehead atoms. The van der Waals surface area contributed by atoms with Crippen molar-refractivity contribution in [3.63, 3.8) is 0 Å². The monoisotopic (exact) mass is 351 g/mol. The van der Waals surface area contributed by atoms with Crippen molar-refractivity contribution in [2.45, 2.75) is 32.4 Å². The van der Waals surface area contributed by atoms with Gasteiger partial charge < -0.3 is 20.7 Å². The second-order valence-electron chi connectivity index (χ2n) is 5.08. The molecule has 2 atom stereocenters. The summed E-state index contributed by atoms with van der Waals surface area (Å²) in [6.45, 7) is 6.05. The van der Waals surface area contributed by atoms with Crippen LogP contribution in [-0.4, -0.2) is 54.7 Å². The Balaban J connectivity index is 2.90. The van der Waals surface area contributed by atoms with Crippen LogP contribution in [0.3, 0.4) is 0 Å². The first-order valence-electron chi connectivity index (χ1n) is 7.45. The molecule has 23 heavy (non-hydrogen) atoms. The van der Waals surface area contributed by atoms with Crippen molar-refractivity contribution in [1.82, 2.24) is 10.2 Å². The zero-order valence-corrected chi connectivity index (χ0v) is 14.3. The maximum absolute atomic E-state index is 12.5. The van der Waals surface area contributed by atoms with Crippen molar-refractivity contribution in [2.75, 3.05) is 26.3 Å². The number of thioether (sulfide) groups is 1. The fraction of sp³-hybridized carbons (Fsp3) is 0.714. The van der Waals surface area contributed by atoms with Crippen LogP contribution in [0, 0.1) is 5.92 Å². The number of nitrogens with one attached hydrogen (secondary N) is 1. The molecule has 3 N–H and O–H groups in total. The van der Waals surface area contributed by atoms with E-state index in [9.17, 15) is 18.4 Å². The third-order valence-corrected chi connectivity index (χ3v) is 4.89. The summed E-state index contributed by atoms with van der Waals surface area (Å²) in [4.78, 5) is 25.7. The summed E-state index contributed by atoms with van der Waals surface area (Å²) in [5, 5.41) is 1.96. The third kappa shape index (κ3) is 5.07. The first kappa shape index (κ1) is 19.7.